The molecule has 1 aliphatic heterocycles. The Morgan fingerprint density at radius 1 is 1.50 bits per heavy atom. The third-order valence-electron chi connectivity index (χ3n) is 3.38. The molecule has 3 N–H and O–H groups in total. The van der Waals surface area contributed by atoms with Crippen molar-refractivity contribution < 1.29 is 0 Å². The maximum Gasteiger partial charge on any atom is 0.148 e. The van der Waals surface area contributed by atoms with Gasteiger partial charge in [0.2, 0.25) is 0 Å². The second-order valence-electron chi connectivity index (χ2n) is 4.94. The van der Waals surface area contributed by atoms with Crippen molar-refractivity contribution in [2.45, 2.75) is 51.3 Å². The van der Waals surface area contributed by atoms with Crippen LogP contribution in [0, 0.1) is 6.92 Å². The highest BCUT2D eigenvalue weighted by atomic mass is 32.2. The van der Waals surface area contributed by atoms with Crippen molar-refractivity contribution in [3.8, 4) is 0 Å². The summed E-state index contributed by atoms with van der Waals surface area (Å²) >= 11 is 2.08. The van der Waals surface area contributed by atoms with Gasteiger partial charge >= 0.3 is 0 Å². The normalized spacial score (nSPS) is 20.0. The molecule has 1 aliphatic rings. The van der Waals surface area contributed by atoms with Crippen LogP contribution in [0.5, 0.6) is 0 Å². The number of nitrogens with two attached hydrogens (primary N) is 1. The van der Waals surface area contributed by atoms with E-state index in [1.165, 1.54) is 25.0 Å². The Morgan fingerprint density at radius 3 is 3.00 bits per heavy atom. The minimum absolute atomic E-state index is 0.725. The van der Waals surface area contributed by atoms with Gasteiger partial charge in [0.05, 0.1) is 11.4 Å². The standard InChI is InChI=1S/C13H24N4S/c1-3-7-17-13(12(14)10(2)16-17)15-9-11-6-4-5-8-18-11/h11,15H,3-9,14H2,1-2H3. The van der Waals surface area contributed by atoms with Crippen LogP contribution in [0.1, 0.15) is 38.3 Å². The van der Waals surface area contributed by atoms with Crippen molar-refractivity contribution in [1.82, 2.24) is 9.78 Å². The van der Waals surface area contributed by atoms with Crippen molar-refractivity contribution in [3.63, 3.8) is 0 Å². The van der Waals surface area contributed by atoms with E-state index >= 15 is 0 Å². The lowest BCUT2D eigenvalue weighted by molar-refractivity contribution is 0.600. The van der Waals surface area contributed by atoms with Crippen molar-refractivity contribution in [2.75, 3.05) is 23.3 Å². The van der Waals surface area contributed by atoms with Gasteiger partial charge in [-0.25, -0.2) is 4.68 Å². The fraction of sp³-hybridized carbons (Fsp3) is 0.769. The van der Waals surface area contributed by atoms with Gasteiger partial charge in [-0.3, -0.25) is 0 Å². The van der Waals surface area contributed by atoms with E-state index in [0.717, 1.165) is 42.0 Å². The fourth-order valence-electron chi connectivity index (χ4n) is 2.33. The van der Waals surface area contributed by atoms with Crippen LogP contribution in [0.4, 0.5) is 11.5 Å². The molecule has 0 saturated carbocycles. The van der Waals surface area contributed by atoms with Crippen LogP contribution in [0.2, 0.25) is 0 Å². The molecule has 2 rings (SSSR count). The van der Waals surface area contributed by atoms with E-state index in [1.54, 1.807) is 0 Å². The molecule has 0 amide bonds. The molecule has 0 bridgehead atoms. The summed E-state index contributed by atoms with van der Waals surface area (Å²) in [5, 5.41) is 8.72. The van der Waals surface area contributed by atoms with Gasteiger partial charge < -0.3 is 11.1 Å². The van der Waals surface area contributed by atoms with Gasteiger partial charge in [0.15, 0.2) is 0 Å². The minimum Gasteiger partial charge on any atom is -0.394 e. The lowest BCUT2D eigenvalue weighted by Crippen LogP contribution is -2.22. The molecule has 102 valence electrons. The molecule has 1 aromatic rings. The van der Waals surface area contributed by atoms with Crippen LogP contribution in [0.3, 0.4) is 0 Å². The van der Waals surface area contributed by atoms with Crippen LogP contribution in [0.15, 0.2) is 0 Å². The molecule has 2 heterocycles. The number of nitrogen functional groups attached to an aromatic ring is 1. The Hall–Kier alpha value is -0.840. The van der Waals surface area contributed by atoms with Crippen molar-refractivity contribution in [3.05, 3.63) is 5.69 Å². The Labute approximate surface area is 114 Å². The van der Waals surface area contributed by atoms with Gasteiger partial charge in [0.25, 0.3) is 0 Å². The smallest absolute Gasteiger partial charge is 0.148 e. The highest BCUT2D eigenvalue weighted by molar-refractivity contribution is 7.99. The third-order valence-corrected chi connectivity index (χ3v) is 4.78. The zero-order chi connectivity index (χ0) is 13.0. The Kier molecular flexibility index (Phi) is 4.80. The first kappa shape index (κ1) is 13.6. The number of aryl methyl sites for hydroxylation is 2. The van der Waals surface area contributed by atoms with Gasteiger partial charge in [0.1, 0.15) is 5.82 Å². The molecular weight excluding hydrogens is 244 g/mol. The number of hydrogen-bond donors (Lipinski definition) is 2. The largest absolute Gasteiger partial charge is 0.394 e. The predicted octanol–water partition coefficient (Wildman–Crippen LogP) is 2.88. The maximum atomic E-state index is 6.10. The number of aromatic nitrogens is 2. The van der Waals surface area contributed by atoms with Crippen LogP contribution < -0.4 is 11.1 Å². The highest BCUT2D eigenvalue weighted by Gasteiger charge is 2.16. The minimum atomic E-state index is 0.725. The Morgan fingerprint density at radius 2 is 2.33 bits per heavy atom. The molecule has 1 atom stereocenters. The first-order chi connectivity index (χ1) is 8.72. The lowest BCUT2D eigenvalue weighted by Gasteiger charge is -2.22. The topological polar surface area (TPSA) is 55.9 Å². The van der Waals surface area contributed by atoms with Crippen molar-refractivity contribution >= 4 is 23.3 Å². The lowest BCUT2D eigenvalue weighted by atomic mass is 10.2. The molecule has 0 aliphatic carbocycles. The first-order valence-electron chi connectivity index (χ1n) is 6.90. The fourth-order valence-corrected chi connectivity index (χ4v) is 3.57. The molecule has 5 heteroatoms. The maximum absolute atomic E-state index is 6.10. The molecule has 0 aromatic carbocycles. The molecule has 0 spiro atoms. The summed E-state index contributed by atoms with van der Waals surface area (Å²) in [6.45, 7) is 6.07. The van der Waals surface area contributed by atoms with E-state index in [-0.39, 0.29) is 0 Å². The van der Waals surface area contributed by atoms with Gasteiger partial charge in [-0.05, 0) is 31.9 Å². The first-order valence-corrected chi connectivity index (χ1v) is 7.95. The molecule has 1 unspecified atom stereocenters. The summed E-state index contributed by atoms with van der Waals surface area (Å²) in [4.78, 5) is 0. The van der Waals surface area contributed by atoms with Crippen LogP contribution >= 0.6 is 11.8 Å². The summed E-state index contributed by atoms with van der Waals surface area (Å²) in [5.41, 5.74) is 7.84. The van der Waals surface area contributed by atoms with Crippen LogP contribution in [-0.4, -0.2) is 27.3 Å². The average molecular weight is 268 g/mol. The van der Waals surface area contributed by atoms with Gasteiger partial charge in [-0.2, -0.15) is 16.9 Å². The molecular formula is C13H24N4S. The van der Waals surface area contributed by atoms with Gasteiger partial charge in [-0.1, -0.05) is 13.3 Å². The zero-order valence-corrected chi connectivity index (χ0v) is 12.2. The van der Waals surface area contributed by atoms with Crippen LogP contribution in [0.25, 0.3) is 0 Å². The molecule has 1 aromatic heterocycles. The number of anilines is 2. The Bertz CT molecular complexity index is 383. The quantitative estimate of drug-likeness (QED) is 0.862. The second kappa shape index (κ2) is 6.36. The number of hydrogen-bond acceptors (Lipinski definition) is 4. The van der Waals surface area contributed by atoms with E-state index in [9.17, 15) is 0 Å². The molecule has 1 saturated heterocycles. The van der Waals surface area contributed by atoms with E-state index in [2.05, 4.69) is 29.1 Å². The molecule has 4 nitrogen and oxygen atoms in total. The molecule has 18 heavy (non-hydrogen) atoms. The summed E-state index contributed by atoms with van der Waals surface area (Å²) in [5.74, 6) is 2.32. The SMILES string of the molecule is CCCn1nc(C)c(N)c1NCC1CCCCS1. The number of nitrogens with zero attached hydrogens (tertiary/aromatic N) is 2. The van der Waals surface area contributed by atoms with E-state index in [1.807, 2.05) is 11.6 Å². The number of nitrogens with one attached hydrogen (secondary N) is 1. The average Bonchev–Trinajstić information content (AvgIpc) is 2.65. The third kappa shape index (κ3) is 3.13. The summed E-state index contributed by atoms with van der Waals surface area (Å²) in [6, 6.07) is 0. The van der Waals surface area contributed by atoms with E-state index < -0.39 is 0 Å². The van der Waals surface area contributed by atoms with Gasteiger partial charge in [-0.15, -0.1) is 0 Å². The zero-order valence-electron chi connectivity index (χ0n) is 11.4. The summed E-state index contributed by atoms with van der Waals surface area (Å²) < 4.78 is 2.01. The molecule has 0 radical (unpaired) electrons. The van der Waals surface area contributed by atoms with Gasteiger partial charge in [0, 0.05) is 18.3 Å². The van der Waals surface area contributed by atoms with E-state index in [4.69, 9.17) is 5.73 Å². The van der Waals surface area contributed by atoms with Crippen molar-refractivity contribution in [2.24, 2.45) is 0 Å². The van der Waals surface area contributed by atoms with E-state index in [0.29, 0.717) is 0 Å². The Balaban J connectivity index is 1.98. The predicted molar refractivity (Wildman–Crippen MR) is 80.3 cm³/mol. The monoisotopic (exact) mass is 268 g/mol. The number of rotatable bonds is 5. The summed E-state index contributed by atoms with van der Waals surface area (Å²) in [6.07, 6.45) is 5.13. The number of thioether (sulfide) groups is 1. The van der Waals surface area contributed by atoms with Crippen molar-refractivity contribution in [1.29, 1.82) is 0 Å². The highest BCUT2D eigenvalue weighted by Crippen LogP contribution is 2.27. The summed E-state index contributed by atoms with van der Waals surface area (Å²) in [7, 11) is 0. The second-order valence-corrected chi connectivity index (χ2v) is 6.35. The molecule has 1 fully saturated rings. The van der Waals surface area contributed by atoms with Crippen LogP contribution in [-0.2, 0) is 6.54 Å².